The number of benzene rings is 2. The van der Waals surface area contributed by atoms with E-state index in [2.05, 4.69) is 60.8 Å². The molecule has 0 spiro atoms. The van der Waals surface area contributed by atoms with Gasteiger partial charge in [-0.3, -0.25) is 0 Å². The molecule has 2 unspecified atom stereocenters. The van der Waals surface area contributed by atoms with Gasteiger partial charge >= 0.3 is 0 Å². The van der Waals surface area contributed by atoms with E-state index < -0.39 is 0 Å². The van der Waals surface area contributed by atoms with Crippen LogP contribution in [0.25, 0.3) is 11.1 Å². The number of hydrogen-bond donors (Lipinski definition) is 1. The van der Waals surface area contributed by atoms with E-state index in [9.17, 15) is 0 Å². The van der Waals surface area contributed by atoms with Crippen LogP contribution in [0.1, 0.15) is 36.9 Å². The smallest absolute Gasteiger partial charge is 0.0591 e. The van der Waals surface area contributed by atoms with Crippen molar-refractivity contribution in [1.29, 1.82) is 0 Å². The molecule has 2 aromatic rings. The zero-order chi connectivity index (χ0) is 12.8. The van der Waals surface area contributed by atoms with Crippen LogP contribution in [0, 0.1) is 5.92 Å². The zero-order valence-corrected chi connectivity index (χ0v) is 11.3. The summed E-state index contributed by atoms with van der Waals surface area (Å²) in [6.07, 6.45) is 2.64. The second kappa shape index (κ2) is 4.21. The molecule has 0 heterocycles. The average molecular weight is 249 g/mol. The highest BCUT2D eigenvalue weighted by atomic mass is 15.0. The number of fused-ring (bicyclic) bond motifs is 3. The van der Waals surface area contributed by atoms with Crippen LogP contribution in [0.4, 0.5) is 0 Å². The van der Waals surface area contributed by atoms with Crippen LogP contribution < -0.4 is 5.32 Å². The van der Waals surface area contributed by atoms with Gasteiger partial charge in [0.15, 0.2) is 0 Å². The van der Waals surface area contributed by atoms with Crippen molar-refractivity contribution >= 4 is 0 Å². The van der Waals surface area contributed by atoms with Crippen molar-refractivity contribution in [3.8, 4) is 11.1 Å². The molecule has 0 amide bonds. The number of nitrogens with one attached hydrogen (secondary N) is 1. The van der Waals surface area contributed by atoms with Gasteiger partial charge in [0.25, 0.3) is 0 Å². The van der Waals surface area contributed by atoms with Crippen LogP contribution in [0.5, 0.6) is 0 Å². The second-order valence-electron chi connectivity index (χ2n) is 5.78. The molecule has 0 radical (unpaired) electrons. The highest BCUT2D eigenvalue weighted by Gasteiger charge is 2.39. The van der Waals surface area contributed by atoms with Crippen molar-refractivity contribution in [2.75, 3.05) is 0 Å². The van der Waals surface area contributed by atoms with Crippen molar-refractivity contribution in [2.24, 2.45) is 5.92 Å². The molecule has 2 atom stereocenters. The summed E-state index contributed by atoms with van der Waals surface area (Å²) in [5, 5.41) is 3.87. The van der Waals surface area contributed by atoms with E-state index in [-0.39, 0.29) is 0 Å². The van der Waals surface area contributed by atoms with Gasteiger partial charge in [-0.15, -0.1) is 0 Å². The second-order valence-corrected chi connectivity index (χ2v) is 5.78. The van der Waals surface area contributed by atoms with Crippen molar-refractivity contribution < 1.29 is 0 Å². The van der Waals surface area contributed by atoms with Crippen molar-refractivity contribution in [1.82, 2.24) is 5.32 Å². The van der Waals surface area contributed by atoms with E-state index in [4.69, 9.17) is 0 Å². The van der Waals surface area contributed by atoms with Crippen molar-refractivity contribution in [2.45, 2.75) is 31.8 Å². The van der Waals surface area contributed by atoms with Crippen LogP contribution in [-0.4, -0.2) is 6.04 Å². The zero-order valence-electron chi connectivity index (χ0n) is 11.3. The fourth-order valence-corrected chi connectivity index (χ4v) is 3.45. The Hall–Kier alpha value is -1.60. The first-order chi connectivity index (χ1) is 9.38. The molecular formula is C18H19N. The molecule has 1 nitrogen and oxygen atoms in total. The van der Waals surface area contributed by atoms with Gasteiger partial charge in [-0.1, -0.05) is 61.9 Å². The van der Waals surface area contributed by atoms with Gasteiger partial charge < -0.3 is 5.32 Å². The lowest BCUT2D eigenvalue weighted by molar-refractivity contribution is 0.570. The lowest BCUT2D eigenvalue weighted by Gasteiger charge is -2.15. The summed E-state index contributed by atoms with van der Waals surface area (Å²) in [5.74, 6) is 0.889. The van der Waals surface area contributed by atoms with Gasteiger partial charge in [-0.05, 0) is 34.6 Å². The van der Waals surface area contributed by atoms with Gasteiger partial charge in [0.05, 0.1) is 6.04 Å². The van der Waals surface area contributed by atoms with E-state index in [1.165, 1.54) is 35.1 Å². The lowest BCUT2D eigenvalue weighted by Crippen LogP contribution is -2.24. The first-order valence-electron chi connectivity index (χ1n) is 7.32. The molecule has 2 aliphatic rings. The fourth-order valence-electron chi connectivity index (χ4n) is 3.45. The number of rotatable bonds is 3. The van der Waals surface area contributed by atoms with Gasteiger partial charge in [0.1, 0.15) is 0 Å². The SMILES string of the molecule is CCC1CC1NC1c2ccccc2-c2ccccc21. The van der Waals surface area contributed by atoms with Gasteiger partial charge in [-0.25, -0.2) is 0 Å². The minimum absolute atomic E-state index is 0.397. The third-order valence-corrected chi connectivity index (χ3v) is 4.66. The van der Waals surface area contributed by atoms with Gasteiger partial charge in [0, 0.05) is 6.04 Å². The third kappa shape index (κ3) is 1.73. The maximum atomic E-state index is 3.87. The summed E-state index contributed by atoms with van der Waals surface area (Å²) in [6, 6.07) is 18.8. The summed E-state index contributed by atoms with van der Waals surface area (Å²) >= 11 is 0. The molecule has 2 aliphatic carbocycles. The Morgan fingerprint density at radius 2 is 1.53 bits per heavy atom. The van der Waals surface area contributed by atoms with E-state index >= 15 is 0 Å². The number of hydrogen-bond acceptors (Lipinski definition) is 1. The Kier molecular flexibility index (Phi) is 2.49. The summed E-state index contributed by atoms with van der Waals surface area (Å²) in [7, 11) is 0. The summed E-state index contributed by atoms with van der Waals surface area (Å²) in [4.78, 5) is 0. The molecule has 19 heavy (non-hydrogen) atoms. The first kappa shape index (κ1) is 11.2. The topological polar surface area (TPSA) is 12.0 Å². The molecule has 0 aromatic heterocycles. The molecule has 1 fully saturated rings. The molecular weight excluding hydrogens is 230 g/mol. The Morgan fingerprint density at radius 1 is 0.947 bits per heavy atom. The van der Waals surface area contributed by atoms with Gasteiger partial charge in [0.2, 0.25) is 0 Å². The molecule has 1 saturated carbocycles. The lowest BCUT2D eigenvalue weighted by atomic mass is 10.1. The minimum atomic E-state index is 0.397. The predicted molar refractivity (Wildman–Crippen MR) is 79.0 cm³/mol. The van der Waals surface area contributed by atoms with E-state index in [1.807, 2.05) is 0 Å². The Morgan fingerprint density at radius 3 is 2.05 bits per heavy atom. The molecule has 1 heteroatoms. The maximum Gasteiger partial charge on any atom is 0.0591 e. The molecule has 1 N–H and O–H groups in total. The highest BCUT2D eigenvalue weighted by Crippen LogP contribution is 2.45. The fraction of sp³-hybridized carbons (Fsp3) is 0.333. The Bertz CT molecular complexity index is 571. The summed E-state index contributed by atoms with van der Waals surface area (Å²) in [6.45, 7) is 2.29. The normalized spacial score (nSPS) is 24.1. The molecule has 96 valence electrons. The van der Waals surface area contributed by atoms with Crippen molar-refractivity contribution in [3.05, 3.63) is 59.7 Å². The maximum absolute atomic E-state index is 3.87. The minimum Gasteiger partial charge on any atom is -0.303 e. The molecule has 0 saturated heterocycles. The van der Waals surface area contributed by atoms with Crippen LogP contribution >= 0.6 is 0 Å². The Labute approximate surface area is 114 Å². The molecule has 0 bridgehead atoms. The van der Waals surface area contributed by atoms with Gasteiger partial charge in [-0.2, -0.15) is 0 Å². The Balaban J connectivity index is 1.74. The molecule has 2 aromatic carbocycles. The average Bonchev–Trinajstić information content (AvgIpc) is 3.16. The first-order valence-corrected chi connectivity index (χ1v) is 7.32. The van der Waals surface area contributed by atoms with Crippen LogP contribution in [-0.2, 0) is 0 Å². The van der Waals surface area contributed by atoms with Crippen LogP contribution in [0.3, 0.4) is 0 Å². The summed E-state index contributed by atoms with van der Waals surface area (Å²) < 4.78 is 0. The summed E-state index contributed by atoms with van der Waals surface area (Å²) in [5.41, 5.74) is 5.71. The van der Waals surface area contributed by atoms with E-state index in [0.29, 0.717) is 12.1 Å². The van der Waals surface area contributed by atoms with E-state index in [0.717, 1.165) is 5.92 Å². The predicted octanol–water partition coefficient (Wildman–Crippen LogP) is 4.14. The molecule has 0 aliphatic heterocycles. The standard InChI is InChI=1S/C18H19N/c1-2-12-11-17(12)19-18-15-9-5-3-7-13(15)14-8-4-6-10-16(14)18/h3-10,12,17-19H,2,11H2,1H3. The van der Waals surface area contributed by atoms with Crippen LogP contribution in [0.2, 0.25) is 0 Å². The molecule has 4 rings (SSSR count). The largest absolute Gasteiger partial charge is 0.303 e. The monoisotopic (exact) mass is 249 g/mol. The van der Waals surface area contributed by atoms with Crippen LogP contribution in [0.15, 0.2) is 48.5 Å². The van der Waals surface area contributed by atoms with E-state index in [1.54, 1.807) is 0 Å². The highest BCUT2D eigenvalue weighted by molar-refractivity contribution is 5.78. The van der Waals surface area contributed by atoms with Crippen molar-refractivity contribution in [3.63, 3.8) is 0 Å². The quantitative estimate of drug-likeness (QED) is 0.862. The third-order valence-electron chi connectivity index (χ3n) is 4.66.